The van der Waals surface area contributed by atoms with Crippen molar-refractivity contribution in [3.8, 4) is 0 Å². The molecule has 132 valence electrons. The zero-order valence-electron chi connectivity index (χ0n) is 15.3. The van der Waals surface area contributed by atoms with E-state index in [1.807, 2.05) is 42.5 Å². The fourth-order valence-electron chi connectivity index (χ4n) is 3.03. The Balaban J connectivity index is 1.64. The highest BCUT2D eigenvalue weighted by molar-refractivity contribution is 5.92. The van der Waals surface area contributed by atoms with E-state index in [0.29, 0.717) is 12.1 Å². The third-order valence-corrected chi connectivity index (χ3v) is 4.18. The third kappa shape index (κ3) is 4.48. The molecular formula is C22H23N3O. The molecule has 0 saturated carbocycles. The van der Waals surface area contributed by atoms with Crippen molar-refractivity contribution in [2.75, 3.05) is 10.6 Å². The monoisotopic (exact) mass is 345 g/mol. The predicted octanol–water partition coefficient (Wildman–Crippen LogP) is 4.93. The van der Waals surface area contributed by atoms with Gasteiger partial charge in [0, 0.05) is 5.69 Å². The summed E-state index contributed by atoms with van der Waals surface area (Å²) in [6.45, 7) is 6.26. The molecule has 0 bridgehead atoms. The van der Waals surface area contributed by atoms with E-state index in [1.54, 1.807) is 6.20 Å². The van der Waals surface area contributed by atoms with Gasteiger partial charge in [-0.2, -0.15) is 0 Å². The van der Waals surface area contributed by atoms with Crippen molar-refractivity contribution in [3.63, 3.8) is 0 Å². The number of aryl methyl sites for hydroxylation is 3. The average Bonchev–Trinajstić information content (AvgIpc) is 2.60. The first kappa shape index (κ1) is 17.7. The molecular weight excluding hydrogens is 322 g/mol. The maximum absolute atomic E-state index is 12.1. The van der Waals surface area contributed by atoms with E-state index in [2.05, 4.69) is 48.5 Å². The van der Waals surface area contributed by atoms with Gasteiger partial charge in [0.1, 0.15) is 5.82 Å². The molecule has 4 heteroatoms. The molecule has 3 aromatic rings. The van der Waals surface area contributed by atoms with Crippen molar-refractivity contribution < 1.29 is 4.79 Å². The number of carbonyl (C=O) groups excluding carboxylic acids is 1. The van der Waals surface area contributed by atoms with Crippen LogP contribution in [-0.2, 0) is 11.2 Å². The van der Waals surface area contributed by atoms with E-state index in [0.717, 1.165) is 17.1 Å². The van der Waals surface area contributed by atoms with E-state index >= 15 is 0 Å². The minimum absolute atomic E-state index is 0.0519. The van der Waals surface area contributed by atoms with Crippen molar-refractivity contribution >= 4 is 23.1 Å². The van der Waals surface area contributed by atoms with Gasteiger partial charge in [0.05, 0.1) is 18.3 Å². The van der Waals surface area contributed by atoms with Crippen molar-refractivity contribution in [1.29, 1.82) is 0 Å². The number of amides is 1. The normalized spacial score (nSPS) is 10.4. The van der Waals surface area contributed by atoms with Gasteiger partial charge in [-0.05, 0) is 49.6 Å². The number of anilines is 3. The van der Waals surface area contributed by atoms with Crippen LogP contribution in [0.5, 0.6) is 0 Å². The molecule has 0 saturated heterocycles. The van der Waals surface area contributed by atoms with Crippen LogP contribution in [0.25, 0.3) is 0 Å². The Morgan fingerprint density at radius 1 is 0.962 bits per heavy atom. The average molecular weight is 345 g/mol. The minimum Gasteiger partial charge on any atom is -0.340 e. The SMILES string of the molecule is Cc1cc(C)c(Nc2ccc(NC(=O)Cc3ccccc3)cn2)c(C)c1. The zero-order valence-corrected chi connectivity index (χ0v) is 15.3. The maximum atomic E-state index is 12.1. The predicted molar refractivity (Wildman–Crippen MR) is 107 cm³/mol. The van der Waals surface area contributed by atoms with Crippen LogP contribution >= 0.6 is 0 Å². The number of nitrogens with one attached hydrogen (secondary N) is 2. The first-order valence-electron chi connectivity index (χ1n) is 8.66. The highest BCUT2D eigenvalue weighted by atomic mass is 16.1. The van der Waals surface area contributed by atoms with Gasteiger partial charge in [-0.25, -0.2) is 4.98 Å². The van der Waals surface area contributed by atoms with Crippen LogP contribution in [0.3, 0.4) is 0 Å². The highest BCUT2D eigenvalue weighted by Gasteiger charge is 2.07. The summed E-state index contributed by atoms with van der Waals surface area (Å²) in [6, 6.07) is 17.7. The van der Waals surface area contributed by atoms with Crippen LogP contribution in [0.2, 0.25) is 0 Å². The molecule has 2 aromatic carbocycles. The van der Waals surface area contributed by atoms with Crippen LogP contribution in [-0.4, -0.2) is 10.9 Å². The molecule has 3 rings (SSSR count). The Morgan fingerprint density at radius 2 is 1.65 bits per heavy atom. The fraction of sp³-hybridized carbons (Fsp3) is 0.182. The van der Waals surface area contributed by atoms with E-state index in [9.17, 15) is 4.79 Å². The fourth-order valence-corrected chi connectivity index (χ4v) is 3.03. The summed E-state index contributed by atoms with van der Waals surface area (Å²) in [7, 11) is 0. The molecule has 0 unspecified atom stereocenters. The van der Waals surface area contributed by atoms with Gasteiger partial charge in [-0.15, -0.1) is 0 Å². The third-order valence-electron chi connectivity index (χ3n) is 4.18. The summed E-state index contributed by atoms with van der Waals surface area (Å²) in [6.07, 6.45) is 2.02. The van der Waals surface area contributed by atoms with Crippen molar-refractivity contribution in [1.82, 2.24) is 4.98 Å². The molecule has 0 aliphatic carbocycles. The van der Waals surface area contributed by atoms with Crippen molar-refractivity contribution in [3.05, 3.63) is 83.0 Å². The molecule has 0 aliphatic heterocycles. The van der Waals surface area contributed by atoms with Gasteiger partial charge >= 0.3 is 0 Å². The van der Waals surface area contributed by atoms with Crippen LogP contribution in [0.1, 0.15) is 22.3 Å². The molecule has 1 amide bonds. The van der Waals surface area contributed by atoms with Gasteiger partial charge in [0.2, 0.25) is 5.91 Å². The van der Waals surface area contributed by atoms with Crippen LogP contribution in [0, 0.1) is 20.8 Å². The van der Waals surface area contributed by atoms with Crippen LogP contribution < -0.4 is 10.6 Å². The summed E-state index contributed by atoms with van der Waals surface area (Å²) in [5.74, 6) is 0.699. The maximum Gasteiger partial charge on any atom is 0.228 e. The molecule has 0 atom stereocenters. The Labute approximate surface area is 154 Å². The van der Waals surface area contributed by atoms with E-state index in [4.69, 9.17) is 0 Å². The number of hydrogen-bond acceptors (Lipinski definition) is 3. The number of pyridine rings is 1. The lowest BCUT2D eigenvalue weighted by atomic mass is 10.1. The van der Waals surface area contributed by atoms with Gasteiger partial charge in [-0.1, -0.05) is 48.0 Å². The summed E-state index contributed by atoms with van der Waals surface area (Å²) in [5, 5.41) is 6.25. The van der Waals surface area contributed by atoms with Gasteiger partial charge in [-0.3, -0.25) is 4.79 Å². The van der Waals surface area contributed by atoms with Gasteiger partial charge in [0.15, 0.2) is 0 Å². The lowest BCUT2D eigenvalue weighted by Crippen LogP contribution is -2.14. The number of benzene rings is 2. The molecule has 2 N–H and O–H groups in total. The second-order valence-electron chi connectivity index (χ2n) is 6.54. The molecule has 26 heavy (non-hydrogen) atoms. The van der Waals surface area contributed by atoms with Gasteiger partial charge in [0.25, 0.3) is 0 Å². The second-order valence-corrected chi connectivity index (χ2v) is 6.54. The standard InChI is InChI=1S/C22H23N3O/c1-15-11-16(2)22(17(3)12-15)25-20-10-9-19(14-23-20)24-21(26)13-18-7-5-4-6-8-18/h4-12,14H,13H2,1-3H3,(H,23,25)(H,24,26). The summed E-state index contributed by atoms with van der Waals surface area (Å²) < 4.78 is 0. The number of carbonyl (C=O) groups is 1. The summed E-state index contributed by atoms with van der Waals surface area (Å²) in [4.78, 5) is 16.5. The minimum atomic E-state index is -0.0519. The largest absolute Gasteiger partial charge is 0.340 e. The number of aromatic nitrogens is 1. The zero-order chi connectivity index (χ0) is 18.5. The van der Waals surface area contributed by atoms with Crippen molar-refractivity contribution in [2.45, 2.75) is 27.2 Å². The van der Waals surface area contributed by atoms with Gasteiger partial charge < -0.3 is 10.6 Å². The van der Waals surface area contributed by atoms with Crippen molar-refractivity contribution in [2.24, 2.45) is 0 Å². The summed E-state index contributed by atoms with van der Waals surface area (Å²) >= 11 is 0. The smallest absolute Gasteiger partial charge is 0.228 e. The quantitative estimate of drug-likeness (QED) is 0.689. The second kappa shape index (κ2) is 7.83. The summed E-state index contributed by atoms with van der Waals surface area (Å²) in [5.41, 5.74) is 6.36. The molecule has 0 fully saturated rings. The molecule has 0 spiro atoms. The number of hydrogen-bond donors (Lipinski definition) is 2. The molecule has 1 heterocycles. The Morgan fingerprint density at radius 3 is 2.27 bits per heavy atom. The first-order chi connectivity index (χ1) is 12.5. The van der Waals surface area contributed by atoms with Crippen LogP contribution in [0.4, 0.5) is 17.2 Å². The lowest BCUT2D eigenvalue weighted by Gasteiger charge is -2.13. The van der Waals surface area contributed by atoms with Crippen LogP contribution in [0.15, 0.2) is 60.8 Å². The molecule has 4 nitrogen and oxygen atoms in total. The molecule has 0 aliphatic rings. The topological polar surface area (TPSA) is 54.0 Å². The lowest BCUT2D eigenvalue weighted by molar-refractivity contribution is -0.115. The van der Waals surface area contributed by atoms with E-state index in [-0.39, 0.29) is 5.91 Å². The number of rotatable bonds is 5. The van der Waals surface area contributed by atoms with E-state index < -0.39 is 0 Å². The Hall–Kier alpha value is -3.14. The highest BCUT2D eigenvalue weighted by Crippen LogP contribution is 2.25. The Kier molecular flexibility index (Phi) is 5.32. The first-order valence-corrected chi connectivity index (χ1v) is 8.66. The molecule has 0 radical (unpaired) electrons. The molecule has 1 aromatic heterocycles. The Bertz CT molecular complexity index is 879. The van der Waals surface area contributed by atoms with E-state index in [1.165, 1.54) is 16.7 Å². The number of nitrogens with zero attached hydrogens (tertiary/aromatic N) is 1.